The average molecular weight is 402 g/mol. The molecular weight excluding hydrogens is 374 g/mol. The zero-order valence-corrected chi connectivity index (χ0v) is 17.1. The van der Waals surface area contributed by atoms with Crippen molar-refractivity contribution >= 4 is 28.3 Å². The molecule has 7 nitrogen and oxygen atoms in total. The third kappa shape index (κ3) is 4.88. The molecule has 1 saturated heterocycles. The monoisotopic (exact) mass is 401 g/mol. The Morgan fingerprint density at radius 3 is 2.68 bits per heavy atom. The van der Waals surface area contributed by atoms with Crippen LogP contribution in [-0.2, 0) is 9.53 Å². The topological polar surface area (TPSA) is 104 Å². The molecule has 0 radical (unpaired) electrons. The SMILES string of the molecule is CCOC(=O)C(C)N1CCC(Nc2nc(-c3ccc(C(=N)N)cc3)cs2)CC1. The smallest absolute Gasteiger partial charge is 0.323 e. The largest absolute Gasteiger partial charge is 0.465 e. The molecule has 0 bridgehead atoms. The quantitative estimate of drug-likeness (QED) is 0.374. The van der Waals surface area contributed by atoms with E-state index in [1.165, 1.54) is 0 Å². The van der Waals surface area contributed by atoms with E-state index in [1.807, 2.05) is 43.5 Å². The highest BCUT2D eigenvalue weighted by Gasteiger charge is 2.27. The van der Waals surface area contributed by atoms with E-state index in [0.717, 1.165) is 42.3 Å². The van der Waals surface area contributed by atoms with Gasteiger partial charge in [-0.25, -0.2) is 4.98 Å². The van der Waals surface area contributed by atoms with E-state index in [0.29, 0.717) is 18.2 Å². The Balaban J connectivity index is 1.53. The highest BCUT2D eigenvalue weighted by molar-refractivity contribution is 7.14. The number of carbonyl (C=O) groups is 1. The number of carbonyl (C=O) groups excluding carboxylic acids is 1. The number of benzene rings is 1. The van der Waals surface area contributed by atoms with Crippen LogP contribution in [0.2, 0.25) is 0 Å². The third-order valence-corrected chi connectivity index (χ3v) is 5.80. The summed E-state index contributed by atoms with van der Waals surface area (Å²) >= 11 is 1.59. The van der Waals surface area contributed by atoms with E-state index in [4.69, 9.17) is 20.9 Å². The molecule has 1 fully saturated rings. The minimum absolute atomic E-state index is 0.0656. The molecule has 3 rings (SSSR count). The lowest BCUT2D eigenvalue weighted by molar-refractivity contribution is -0.149. The van der Waals surface area contributed by atoms with Gasteiger partial charge in [-0.05, 0) is 26.7 Å². The van der Waals surface area contributed by atoms with Crippen molar-refractivity contribution in [3.8, 4) is 11.3 Å². The molecule has 1 atom stereocenters. The number of amidine groups is 1. The van der Waals surface area contributed by atoms with Crippen LogP contribution in [0.4, 0.5) is 5.13 Å². The number of thiazole rings is 1. The third-order valence-electron chi connectivity index (χ3n) is 5.03. The van der Waals surface area contributed by atoms with Gasteiger partial charge in [-0.15, -0.1) is 11.3 Å². The van der Waals surface area contributed by atoms with E-state index >= 15 is 0 Å². The Hall–Kier alpha value is -2.45. The van der Waals surface area contributed by atoms with Crippen molar-refractivity contribution in [1.29, 1.82) is 5.41 Å². The van der Waals surface area contributed by atoms with Crippen LogP contribution in [0.25, 0.3) is 11.3 Å². The number of aromatic nitrogens is 1. The molecule has 8 heteroatoms. The lowest BCUT2D eigenvalue weighted by Crippen LogP contribution is -2.47. The number of anilines is 1. The number of nitrogens with zero attached hydrogens (tertiary/aromatic N) is 2. The lowest BCUT2D eigenvalue weighted by Gasteiger charge is -2.35. The van der Waals surface area contributed by atoms with Crippen LogP contribution in [0, 0.1) is 5.41 Å². The maximum Gasteiger partial charge on any atom is 0.323 e. The fourth-order valence-electron chi connectivity index (χ4n) is 3.31. The van der Waals surface area contributed by atoms with Gasteiger partial charge in [-0.1, -0.05) is 24.3 Å². The van der Waals surface area contributed by atoms with Crippen molar-refractivity contribution in [3.63, 3.8) is 0 Å². The van der Waals surface area contributed by atoms with Gasteiger partial charge in [-0.3, -0.25) is 15.1 Å². The lowest BCUT2D eigenvalue weighted by atomic mass is 10.0. The van der Waals surface area contributed by atoms with Gasteiger partial charge in [0.1, 0.15) is 11.9 Å². The molecule has 150 valence electrons. The Bertz CT molecular complexity index is 812. The van der Waals surface area contributed by atoms with E-state index in [1.54, 1.807) is 11.3 Å². The first kappa shape index (κ1) is 20.3. The summed E-state index contributed by atoms with van der Waals surface area (Å²) in [5, 5.41) is 13.9. The molecule has 1 aliphatic rings. The van der Waals surface area contributed by atoms with Crippen LogP contribution < -0.4 is 11.1 Å². The predicted molar refractivity (Wildman–Crippen MR) is 113 cm³/mol. The van der Waals surface area contributed by atoms with Crippen LogP contribution in [0.3, 0.4) is 0 Å². The van der Waals surface area contributed by atoms with Crippen molar-refractivity contribution in [2.45, 2.75) is 38.8 Å². The van der Waals surface area contributed by atoms with Gasteiger partial charge in [0.2, 0.25) is 0 Å². The molecule has 2 aromatic rings. The van der Waals surface area contributed by atoms with Gasteiger partial charge in [0.05, 0.1) is 12.3 Å². The molecule has 0 aliphatic carbocycles. The van der Waals surface area contributed by atoms with E-state index in [-0.39, 0.29) is 17.8 Å². The maximum absolute atomic E-state index is 11.9. The molecule has 0 amide bonds. The molecule has 1 aromatic heterocycles. The van der Waals surface area contributed by atoms with E-state index in [9.17, 15) is 4.79 Å². The Labute approximate surface area is 169 Å². The summed E-state index contributed by atoms with van der Waals surface area (Å²) < 4.78 is 5.12. The van der Waals surface area contributed by atoms with Crippen molar-refractivity contribution in [2.75, 3.05) is 25.0 Å². The van der Waals surface area contributed by atoms with Crippen LogP contribution in [0.1, 0.15) is 32.3 Å². The normalized spacial score (nSPS) is 16.5. The second-order valence-corrected chi connectivity index (χ2v) is 7.77. The van der Waals surface area contributed by atoms with Crippen LogP contribution in [0.5, 0.6) is 0 Å². The standard InChI is InChI=1S/C20H27N5O2S/c1-3-27-19(26)13(2)25-10-8-16(9-11-25)23-20-24-17(12-28-20)14-4-6-15(7-5-14)18(21)22/h4-7,12-13,16H,3,8-11H2,1-2H3,(H3,21,22)(H,23,24). The summed E-state index contributed by atoms with van der Waals surface area (Å²) in [5.74, 6) is -0.0786. The number of ether oxygens (including phenoxy) is 1. The highest BCUT2D eigenvalue weighted by Crippen LogP contribution is 2.27. The Kier molecular flexibility index (Phi) is 6.64. The molecule has 0 spiro atoms. The second-order valence-electron chi connectivity index (χ2n) is 6.91. The number of nitrogens with two attached hydrogens (primary N) is 1. The van der Waals surface area contributed by atoms with Gasteiger partial charge in [0.25, 0.3) is 0 Å². The first-order chi connectivity index (χ1) is 13.5. The number of hydrogen-bond donors (Lipinski definition) is 3. The summed E-state index contributed by atoms with van der Waals surface area (Å²) in [5.41, 5.74) is 8.13. The molecule has 1 aliphatic heterocycles. The Morgan fingerprint density at radius 1 is 1.39 bits per heavy atom. The number of rotatable bonds is 7. The molecular formula is C20H27N5O2S. The van der Waals surface area contributed by atoms with Crippen LogP contribution >= 0.6 is 11.3 Å². The maximum atomic E-state index is 11.9. The summed E-state index contributed by atoms with van der Waals surface area (Å²) in [7, 11) is 0. The number of esters is 1. The zero-order chi connectivity index (χ0) is 20.1. The van der Waals surface area contributed by atoms with E-state index in [2.05, 4.69) is 10.2 Å². The van der Waals surface area contributed by atoms with Gasteiger partial charge in [0.15, 0.2) is 5.13 Å². The van der Waals surface area contributed by atoms with Crippen molar-refractivity contribution < 1.29 is 9.53 Å². The molecule has 2 heterocycles. The molecule has 0 saturated carbocycles. The van der Waals surface area contributed by atoms with Gasteiger partial charge in [-0.2, -0.15) is 0 Å². The number of likely N-dealkylation sites (tertiary alicyclic amines) is 1. The summed E-state index contributed by atoms with van der Waals surface area (Å²) in [6.07, 6.45) is 1.93. The van der Waals surface area contributed by atoms with Gasteiger partial charge < -0.3 is 15.8 Å². The minimum Gasteiger partial charge on any atom is -0.465 e. The van der Waals surface area contributed by atoms with Gasteiger partial charge in [0, 0.05) is 35.6 Å². The number of nitrogen functional groups attached to an aromatic ring is 1. The molecule has 4 N–H and O–H groups in total. The summed E-state index contributed by atoms with van der Waals surface area (Å²) in [6, 6.07) is 7.71. The van der Waals surface area contributed by atoms with Crippen molar-refractivity contribution in [3.05, 3.63) is 35.2 Å². The zero-order valence-electron chi connectivity index (χ0n) is 16.3. The van der Waals surface area contributed by atoms with Crippen LogP contribution in [0.15, 0.2) is 29.6 Å². The predicted octanol–water partition coefficient (Wildman–Crippen LogP) is 2.92. The van der Waals surface area contributed by atoms with Crippen molar-refractivity contribution in [1.82, 2.24) is 9.88 Å². The first-order valence-electron chi connectivity index (χ1n) is 9.55. The fourth-order valence-corrected chi connectivity index (χ4v) is 4.11. The van der Waals surface area contributed by atoms with Gasteiger partial charge >= 0.3 is 5.97 Å². The number of piperidine rings is 1. The Morgan fingerprint density at radius 2 is 2.07 bits per heavy atom. The molecule has 1 aromatic carbocycles. The first-order valence-corrected chi connectivity index (χ1v) is 10.4. The second kappa shape index (κ2) is 9.16. The number of hydrogen-bond acceptors (Lipinski definition) is 7. The minimum atomic E-state index is -0.190. The van der Waals surface area contributed by atoms with E-state index < -0.39 is 0 Å². The van der Waals surface area contributed by atoms with Crippen molar-refractivity contribution in [2.24, 2.45) is 5.73 Å². The summed E-state index contributed by atoms with van der Waals surface area (Å²) in [4.78, 5) is 18.8. The fraction of sp³-hybridized carbons (Fsp3) is 0.450. The molecule has 28 heavy (non-hydrogen) atoms. The molecule has 1 unspecified atom stereocenters. The summed E-state index contributed by atoms with van der Waals surface area (Å²) in [6.45, 7) is 5.90. The highest BCUT2D eigenvalue weighted by atomic mass is 32.1. The average Bonchev–Trinajstić information content (AvgIpc) is 3.17. The number of nitrogens with one attached hydrogen (secondary N) is 2. The van der Waals surface area contributed by atoms with Crippen LogP contribution in [-0.4, -0.2) is 53.5 Å².